The van der Waals surface area contributed by atoms with E-state index in [1.165, 1.54) is 0 Å². The third-order valence-electron chi connectivity index (χ3n) is 4.85. The fraction of sp³-hybridized carbons (Fsp3) is 0.160. The van der Waals surface area contributed by atoms with Gasteiger partial charge in [0.05, 0.1) is 6.61 Å². The predicted octanol–water partition coefficient (Wildman–Crippen LogP) is 6.25. The van der Waals surface area contributed by atoms with Gasteiger partial charge in [-0.05, 0) is 54.0 Å². The van der Waals surface area contributed by atoms with E-state index < -0.39 is 0 Å². The summed E-state index contributed by atoms with van der Waals surface area (Å²) in [6.45, 7) is 2.95. The number of ketones is 1. The van der Waals surface area contributed by atoms with Crippen LogP contribution in [0.3, 0.4) is 0 Å². The summed E-state index contributed by atoms with van der Waals surface area (Å²) in [4.78, 5) is 12.6. The van der Waals surface area contributed by atoms with Crippen LogP contribution >= 0.6 is 15.9 Å². The topological polar surface area (TPSA) is 35.5 Å². The van der Waals surface area contributed by atoms with Gasteiger partial charge in [-0.2, -0.15) is 0 Å². The Morgan fingerprint density at radius 3 is 2.52 bits per heavy atom. The first-order chi connectivity index (χ1) is 14.1. The summed E-state index contributed by atoms with van der Waals surface area (Å²) >= 11 is 3.44. The van der Waals surface area contributed by atoms with E-state index in [0.717, 1.165) is 32.3 Å². The monoisotopic (exact) mass is 448 g/mol. The molecule has 0 bridgehead atoms. The Balaban J connectivity index is 1.54. The zero-order chi connectivity index (χ0) is 20.2. The second-order valence-electron chi connectivity index (χ2n) is 6.89. The molecule has 0 unspecified atom stereocenters. The van der Waals surface area contributed by atoms with Crippen molar-refractivity contribution in [1.29, 1.82) is 0 Å². The van der Waals surface area contributed by atoms with Crippen molar-refractivity contribution in [3.63, 3.8) is 0 Å². The SMILES string of the molecule is CCOc1cc(/C=C2\Cc3ccccc3C2=O)ccc1OCc1ccc(Br)cc1. The van der Waals surface area contributed by atoms with Gasteiger partial charge in [0.2, 0.25) is 0 Å². The van der Waals surface area contributed by atoms with E-state index >= 15 is 0 Å². The van der Waals surface area contributed by atoms with Gasteiger partial charge in [0, 0.05) is 22.0 Å². The van der Waals surface area contributed by atoms with Crippen molar-refractivity contribution >= 4 is 27.8 Å². The maximum atomic E-state index is 12.6. The maximum absolute atomic E-state index is 12.6. The third kappa shape index (κ3) is 4.43. The molecule has 146 valence electrons. The first kappa shape index (κ1) is 19.5. The van der Waals surface area contributed by atoms with E-state index in [4.69, 9.17) is 9.47 Å². The van der Waals surface area contributed by atoms with Gasteiger partial charge in [-0.25, -0.2) is 0 Å². The standard InChI is InChI=1S/C25H21BrO3/c1-2-28-24-14-18(13-20-15-19-5-3-4-6-22(19)25(20)27)9-12-23(24)29-16-17-7-10-21(26)11-8-17/h3-14H,2,15-16H2,1H3/b20-13+. The summed E-state index contributed by atoms with van der Waals surface area (Å²) in [6, 6.07) is 21.6. The minimum Gasteiger partial charge on any atom is -0.490 e. The van der Waals surface area contributed by atoms with Crippen LogP contribution in [-0.2, 0) is 13.0 Å². The van der Waals surface area contributed by atoms with Crippen LogP contribution in [0, 0.1) is 0 Å². The summed E-state index contributed by atoms with van der Waals surface area (Å²) in [7, 11) is 0. The Morgan fingerprint density at radius 1 is 0.966 bits per heavy atom. The number of carbonyl (C=O) groups is 1. The number of Topliss-reactive ketones (excluding diaryl/α,β-unsaturated/α-hetero) is 1. The van der Waals surface area contributed by atoms with Gasteiger partial charge in [-0.3, -0.25) is 4.79 Å². The van der Waals surface area contributed by atoms with E-state index in [1.807, 2.05) is 79.7 Å². The van der Waals surface area contributed by atoms with Crippen molar-refractivity contribution < 1.29 is 14.3 Å². The van der Waals surface area contributed by atoms with E-state index in [1.54, 1.807) is 0 Å². The highest BCUT2D eigenvalue weighted by Gasteiger charge is 2.24. The lowest BCUT2D eigenvalue weighted by atomic mass is 10.1. The second-order valence-corrected chi connectivity index (χ2v) is 7.80. The van der Waals surface area contributed by atoms with E-state index in [0.29, 0.717) is 31.1 Å². The molecule has 0 saturated heterocycles. The number of hydrogen-bond donors (Lipinski definition) is 0. The van der Waals surface area contributed by atoms with Crippen molar-refractivity contribution in [1.82, 2.24) is 0 Å². The molecule has 3 aromatic carbocycles. The van der Waals surface area contributed by atoms with Crippen LogP contribution in [0.15, 0.2) is 76.8 Å². The quantitative estimate of drug-likeness (QED) is 0.418. The van der Waals surface area contributed by atoms with Crippen molar-refractivity contribution in [2.24, 2.45) is 0 Å². The highest BCUT2D eigenvalue weighted by Crippen LogP contribution is 2.32. The van der Waals surface area contributed by atoms with Gasteiger partial charge in [0.15, 0.2) is 17.3 Å². The largest absolute Gasteiger partial charge is 0.490 e. The molecule has 0 N–H and O–H groups in total. The molecule has 0 amide bonds. The third-order valence-corrected chi connectivity index (χ3v) is 5.38. The van der Waals surface area contributed by atoms with Crippen molar-refractivity contribution in [3.05, 3.63) is 99.0 Å². The summed E-state index contributed by atoms with van der Waals surface area (Å²) in [6.07, 6.45) is 2.62. The Hall–Kier alpha value is -2.85. The molecule has 0 spiro atoms. The van der Waals surface area contributed by atoms with Gasteiger partial charge in [-0.1, -0.05) is 58.4 Å². The minimum absolute atomic E-state index is 0.106. The minimum atomic E-state index is 0.106. The Bertz CT molecular complexity index is 1070. The van der Waals surface area contributed by atoms with E-state index in [9.17, 15) is 4.79 Å². The van der Waals surface area contributed by atoms with Crippen LogP contribution in [0.2, 0.25) is 0 Å². The molecule has 0 saturated carbocycles. The molecule has 29 heavy (non-hydrogen) atoms. The van der Waals surface area contributed by atoms with Crippen LogP contribution in [0.1, 0.15) is 34.0 Å². The fourth-order valence-electron chi connectivity index (χ4n) is 3.42. The zero-order valence-corrected chi connectivity index (χ0v) is 17.7. The number of carbonyl (C=O) groups excluding carboxylic acids is 1. The summed E-state index contributed by atoms with van der Waals surface area (Å²) in [5, 5.41) is 0. The average Bonchev–Trinajstić information content (AvgIpc) is 3.04. The number of hydrogen-bond acceptors (Lipinski definition) is 3. The molecule has 4 heteroatoms. The van der Waals surface area contributed by atoms with Crippen LogP contribution in [0.4, 0.5) is 0 Å². The lowest BCUT2D eigenvalue weighted by Gasteiger charge is -2.13. The predicted molar refractivity (Wildman–Crippen MR) is 119 cm³/mol. The first-order valence-corrected chi connectivity index (χ1v) is 10.4. The summed E-state index contributed by atoms with van der Waals surface area (Å²) < 4.78 is 12.8. The van der Waals surface area contributed by atoms with Gasteiger partial charge in [0.1, 0.15) is 6.61 Å². The lowest BCUT2D eigenvalue weighted by Crippen LogP contribution is -2.00. The number of fused-ring (bicyclic) bond motifs is 1. The van der Waals surface area contributed by atoms with Crippen molar-refractivity contribution in [2.45, 2.75) is 20.0 Å². The Kier molecular flexibility index (Phi) is 5.81. The molecule has 0 radical (unpaired) electrons. The molecule has 0 aromatic heterocycles. The Morgan fingerprint density at radius 2 is 1.76 bits per heavy atom. The molecular weight excluding hydrogens is 428 g/mol. The lowest BCUT2D eigenvalue weighted by molar-refractivity contribution is 0.104. The second kappa shape index (κ2) is 8.66. The first-order valence-electron chi connectivity index (χ1n) is 9.61. The molecule has 3 nitrogen and oxygen atoms in total. The van der Waals surface area contributed by atoms with Gasteiger partial charge >= 0.3 is 0 Å². The van der Waals surface area contributed by atoms with Crippen LogP contribution < -0.4 is 9.47 Å². The van der Waals surface area contributed by atoms with Crippen LogP contribution in [0.25, 0.3) is 6.08 Å². The molecule has 3 aromatic rings. The number of allylic oxidation sites excluding steroid dienone is 1. The molecule has 1 aliphatic carbocycles. The molecule has 1 aliphatic rings. The normalized spacial score (nSPS) is 14.1. The maximum Gasteiger partial charge on any atom is 0.189 e. The van der Waals surface area contributed by atoms with Gasteiger partial charge in [0.25, 0.3) is 0 Å². The van der Waals surface area contributed by atoms with Crippen molar-refractivity contribution in [2.75, 3.05) is 6.61 Å². The van der Waals surface area contributed by atoms with Crippen LogP contribution in [-0.4, -0.2) is 12.4 Å². The van der Waals surface area contributed by atoms with Crippen molar-refractivity contribution in [3.8, 4) is 11.5 Å². The Labute approximate surface area is 179 Å². The number of rotatable bonds is 6. The highest BCUT2D eigenvalue weighted by atomic mass is 79.9. The molecule has 0 fully saturated rings. The molecule has 0 heterocycles. The number of benzene rings is 3. The zero-order valence-electron chi connectivity index (χ0n) is 16.2. The average molecular weight is 449 g/mol. The summed E-state index contributed by atoms with van der Waals surface area (Å²) in [5.41, 5.74) is 4.70. The fourth-order valence-corrected chi connectivity index (χ4v) is 3.68. The molecule has 0 aliphatic heterocycles. The molecular formula is C25H21BrO3. The number of ether oxygens (including phenoxy) is 2. The van der Waals surface area contributed by atoms with Gasteiger partial charge in [-0.15, -0.1) is 0 Å². The van der Waals surface area contributed by atoms with E-state index in [-0.39, 0.29) is 5.78 Å². The molecule has 4 rings (SSSR count). The van der Waals surface area contributed by atoms with Gasteiger partial charge < -0.3 is 9.47 Å². The smallest absolute Gasteiger partial charge is 0.189 e. The summed E-state index contributed by atoms with van der Waals surface area (Å²) in [5.74, 6) is 1.48. The molecule has 0 atom stereocenters. The number of halogens is 1. The highest BCUT2D eigenvalue weighted by molar-refractivity contribution is 9.10. The van der Waals surface area contributed by atoms with Crippen LogP contribution in [0.5, 0.6) is 11.5 Å². The van der Waals surface area contributed by atoms with E-state index in [2.05, 4.69) is 15.9 Å².